The predicted octanol–water partition coefficient (Wildman–Crippen LogP) is 4.16. The zero-order chi connectivity index (χ0) is 22.1. The number of benzene rings is 1. The predicted molar refractivity (Wildman–Crippen MR) is 103 cm³/mol. The number of rotatable bonds is 9. The molecule has 0 saturated heterocycles. The van der Waals surface area contributed by atoms with Gasteiger partial charge in [0.1, 0.15) is 0 Å². The van der Waals surface area contributed by atoms with Crippen molar-refractivity contribution >= 4 is 23.7 Å². The molecule has 0 heterocycles. The third-order valence-electron chi connectivity index (χ3n) is 3.77. The fraction of sp³-hybridized carbons (Fsp3) is 0.400. The summed E-state index contributed by atoms with van der Waals surface area (Å²) < 4.78 is 50.3. The Morgan fingerprint density at radius 2 is 1.69 bits per heavy atom. The molecule has 1 atom stereocenters. The van der Waals surface area contributed by atoms with Gasteiger partial charge in [-0.1, -0.05) is 24.3 Å². The first-order valence-corrected chi connectivity index (χ1v) is 9.96. The molecule has 0 aliphatic rings. The lowest BCUT2D eigenvalue weighted by Gasteiger charge is -2.28. The standard InChI is InChI=1S/C20H23F3O5S/c1-4-27-17(24)13-14(18(25)28-5-2)7-6-12-19(26,20(21,22)23)15-8-10-16(29-3)11-9-15/h6-12,26H,4-5,13H2,1-3H3/b12-6+,14-7+. The van der Waals surface area contributed by atoms with Crippen LogP contribution in [-0.4, -0.2) is 42.7 Å². The molecular formula is C20H23F3O5S. The second-order valence-corrected chi connectivity index (χ2v) is 6.63. The van der Waals surface area contributed by atoms with E-state index in [1.54, 1.807) is 20.1 Å². The smallest absolute Gasteiger partial charge is 0.425 e. The molecule has 9 heteroatoms. The number of allylic oxidation sites excluding steroid dienone is 2. The molecule has 0 fully saturated rings. The number of halogens is 3. The van der Waals surface area contributed by atoms with Crippen LogP contribution in [0.1, 0.15) is 25.8 Å². The van der Waals surface area contributed by atoms with Crippen molar-refractivity contribution in [2.45, 2.75) is 36.9 Å². The minimum Gasteiger partial charge on any atom is -0.466 e. The maximum Gasteiger partial charge on any atom is 0.425 e. The van der Waals surface area contributed by atoms with Gasteiger partial charge in [-0.05, 0) is 43.9 Å². The van der Waals surface area contributed by atoms with E-state index in [9.17, 15) is 27.9 Å². The monoisotopic (exact) mass is 432 g/mol. The molecule has 0 bridgehead atoms. The zero-order valence-electron chi connectivity index (χ0n) is 16.3. The number of carbonyl (C=O) groups excluding carboxylic acids is 2. The molecular weight excluding hydrogens is 409 g/mol. The van der Waals surface area contributed by atoms with E-state index in [0.717, 1.165) is 17.0 Å². The van der Waals surface area contributed by atoms with E-state index in [1.807, 2.05) is 0 Å². The quantitative estimate of drug-likeness (QED) is 0.273. The van der Waals surface area contributed by atoms with Gasteiger partial charge in [0.05, 0.1) is 19.6 Å². The summed E-state index contributed by atoms with van der Waals surface area (Å²) in [5.74, 6) is -1.58. The molecule has 1 N–H and O–H groups in total. The molecule has 0 saturated carbocycles. The van der Waals surface area contributed by atoms with Crippen LogP contribution in [0.4, 0.5) is 13.2 Å². The first-order valence-electron chi connectivity index (χ1n) is 8.73. The van der Waals surface area contributed by atoms with Gasteiger partial charge in [-0.3, -0.25) is 4.79 Å². The summed E-state index contributed by atoms with van der Waals surface area (Å²) in [4.78, 5) is 24.3. The third kappa shape index (κ3) is 6.93. The van der Waals surface area contributed by atoms with Gasteiger partial charge in [-0.2, -0.15) is 13.2 Å². The number of hydrogen-bond acceptors (Lipinski definition) is 6. The van der Waals surface area contributed by atoms with Crippen molar-refractivity contribution in [3.05, 3.63) is 53.6 Å². The first-order chi connectivity index (χ1) is 13.6. The maximum absolute atomic E-state index is 13.6. The van der Waals surface area contributed by atoms with E-state index in [-0.39, 0.29) is 24.4 Å². The Labute approximate surface area is 171 Å². The average Bonchev–Trinajstić information content (AvgIpc) is 2.66. The van der Waals surface area contributed by atoms with Gasteiger partial charge in [0.15, 0.2) is 0 Å². The highest BCUT2D eigenvalue weighted by molar-refractivity contribution is 7.98. The molecule has 29 heavy (non-hydrogen) atoms. The van der Waals surface area contributed by atoms with Crippen molar-refractivity contribution in [2.24, 2.45) is 0 Å². The van der Waals surface area contributed by atoms with Crippen molar-refractivity contribution in [3.63, 3.8) is 0 Å². The van der Waals surface area contributed by atoms with Crippen LogP contribution in [0.2, 0.25) is 0 Å². The van der Waals surface area contributed by atoms with E-state index >= 15 is 0 Å². The number of hydrogen-bond donors (Lipinski definition) is 1. The Bertz CT molecular complexity index is 756. The van der Waals surface area contributed by atoms with Crippen LogP contribution in [0.15, 0.2) is 53.0 Å². The van der Waals surface area contributed by atoms with Gasteiger partial charge in [-0.25, -0.2) is 4.79 Å². The van der Waals surface area contributed by atoms with Crippen LogP contribution in [-0.2, 0) is 24.7 Å². The lowest BCUT2D eigenvalue weighted by molar-refractivity contribution is -0.245. The van der Waals surface area contributed by atoms with Crippen LogP contribution in [0.25, 0.3) is 0 Å². The lowest BCUT2D eigenvalue weighted by atomic mass is 9.92. The molecule has 0 aliphatic carbocycles. The van der Waals surface area contributed by atoms with Crippen molar-refractivity contribution in [2.75, 3.05) is 19.5 Å². The van der Waals surface area contributed by atoms with Crippen LogP contribution in [0.3, 0.4) is 0 Å². The Hall–Kier alpha value is -2.26. The number of thioether (sulfide) groups is 1. The second-order valence-electron chi connectivity index (χ2n) is 5.75. The van der Waals surface area contributed by atoms with Gasteiger partial charge >= 0.3 is 18.1 Å². The largest absolute Gasteiger partial charge is 0.466 e. The summed E-state index contributed by atoms with van der Waals surface area (Å²) in [7, 11) is 0. The van der Waals surface area contributed by atoms with Crippen LogP contribution in [0.5, 0.6) is 0 Å². The van der Waals surface area contributed by atoms with Crippen molar-refractivity contribution < 1.29 is 37.3 Å². The van der Waals surface area contributed by atoms with E-state index in [1.165, 1.54) is 36.0 Å². The van der Waals surface area contributed by atoms with E-state index < -0.39 is 30.1 Å². The van der Waals surface area contributed by atoms with Gasteiger partial charge in [0, 0.05) is 10.5 Å². The summed E-state index contributed by atoms with van der Waals surface area (Å²) >= 11 is 1.35. The Balaban J connectivity index is 3.25. The SMILES string of the molecule is CCOC(=O)C/C(=C\C=C\C(O)(c1ccc(SC)cc1)C(F)(F)F)C(=O)OCC. The molecule has 0 amide bonds. The van der Waals surface area contributed by atoms with Crippen molar-refractivity contribution in [1.82, 2.24) is 0 Å². The van der Waals surface area contributed by atoms with Crippen LogP contribution >= 0.6 is 11.8 Å². The van der Waals surface area contributed by atoms with E-state index in [4.69, 9.17) is 9.47 Å². The van der Waals surface area contributed by atoms with Crippen molar-refractivity contribution in [1.29, 1.82) is 0 Å². The first kappa shape index (κ1) is 24.8. The van der Waals surface area contributed by atoms with Crippen molar-refractivity contribution in [3.8, 4) is 0 Å². The summed E-state index contributed by atoms with van der Waals surface area (Å²) in [6.07, 6.45) is -1.31. The molecule has 0 spiro atoms. The highest BCUT2D eigenvalue weighted by atomic mass is 32.2. The normalized spacial score (nSPS) is 14.5. The summed E-state index contributed by atoms with van der Waals surface area (Å²) in [5, 5.41) is 10.3. The van der Waals surface area contributed by atoms with Gasteiger partial charge in [0.2, 0.25) is 5.60 Å². The van der Waals surface area contributed by atoms with E-state index in [2.05, 4.69) is 0 Å². The topological polar surface area (TPSA) is 72.8 Å². The number of ether oxygens (including phenoxy) is 2. The molecule has 1 aromatic rings. The average molecular weight is 432 g/mol. The number of carbonyl (C=O) groups is 2. The molecule has 1 rings (SSSR count). The van der Waals surface area contributed by atoms with Crippen LogP contribution in [0, 0.1) is 0 Å². The fourth-order valence-electron chi connectivity index (χ4n) is 2.29. The molecule has 0 aromatic heterocycles. The Morgan fingerprint density at radius 3 is 2.17 bits per heavy atom. The van der Waals surface area contributed by atoms with E-state index in [0.29, 0.717) is 6.08 Å². The van der Waals surface area contributed by atoms with Gasteiger partial charge in [-0.15, -0.1) is 11.8 Å². The molecule has 1 unspecified atom stereocenters. The number of alkyl halides is 3. The number of esters is 2. The zero-order valence-corrected chi connectivity index (χ0v) is 17.1. The minimum absolute atomic E-state index is 0.0248. The maximum atomic E-state index is 13.6. The fourth-order valence-corrected chi connectivity index (χ4v) is 2.70. The lowest BCUT2D eigenvalue weighted by Crippen LogP contribution is -2.40. The van der Waals surface area contributed by atoms with Gasteiger partial charge in [0.25, 0.3) is 0 Å². The summed E-state index contributed by atoms with van der Waals surface area (Å²) in [5.41, 5.74) is -3.84. The van der Waals surface area contributed by atoms with Gasteiger partial charge < -0.3 is 14.6 Å². The second kappa shape index (κ2) is 11.1. The minimum atomic E-state index is -5.01. The molecule has 5 nitrogen and oxygen atoms in total. The molecule has 1 aromatic carbocycles. The molecule has 160 valence electrons. The Kier molecular flexibility index (Phi) is 9.45. The Morgan fingerprint density at radius 1 is 1.10 bits per heavy atom. The summed E-state index contributed by atoms with van der Waals surface area (Å²) in [6, 6.07) is 5.28. The molecule has 0 aliphatic heterocycles. The van der Waals surface area contributed by atoms with Crippen LogP contribution < -0.4 is 0 Å². The number of aliphatic hydroxyl groups is 1. The highest BCUT2D eigenvalue weighted by Gasteiger charge is 2.53. The third-order valence-corrected chi connectivity index (χ3v) is 4.52. The molecule has 0 radical (unpaired) electrons. The summed E-state index contributed by atoms with van der Waals surface area (Å²) in [6.45, 7) is 3.25. The highest BCUT2D eigenvalue weighted by Crippen LogP contribution is 2.40.